The first kappa shape index (κ1) is 13.2. The van der Waals surface area contributed by atoms with Gasteiger partial charge in [-0.1, -0.05) is 31.5 Å². The van der Waals surface area contributed by atoms with Crippen LogP contribution < -0.4 is 5.32 Å². The van der Waals surface area contributed by atoms with Crippen molar-refractivity contribution < 1.29 is 4.74 Å². The Labute approximate surface area is 112 Å². The van der Waals surface area contributed by atoms with Crippen molar-refractivity contribution in [2.45, 2.75) is 36.6 Å². The topological polar surface area (TPSA) is 21.3 Å². The number of hydrogen-bond donors (Lipinski definition) is 1. The Morgan fingerprint density at radius 2 is 2.24 bits per heavy atom. The van der Waals surface area contributed by atoms with Crippen LogP contribution in [0.1, 0.15) is 19.4 Å². The molecule has 0 atom stereocenters. The minimum absolute atomic E-state index is 0.495. The van der Waals surface area contributed by atoms with E-state index in [0.29, 0.717) is 11.3 Å². The molecule has 1 fully saturated rings. The summed E-state index contributed by atoms with van der Waals surface area (Å²) in [4.78, 5) is 1.16. The fourth-order valence-electron chi connectivity index (χ4n) is 1.53. The fraction of sp³-hybridized carbons (Fsp3) is 0.538. The van der Waals surface area contributed by atoms with Crippen LogP contribution in [-0.4, -0.2) is 24.5 Å². The number of thioether (sulfide) groups is 1. The zero-order chi connectivity index (χ0) is 12.3. The summed E-state index contributed by atoms with van der Waals surface area (Å²) in [5.41, 5.74) is 1.23. The van der Waals surface area contributed by atoms with Gasteiger partial charge >= 0.3 is 0 Å². The molecule has 0 bridgehead atoms. The van der Waals surface area contributed by atoms with Crippen molar-refractivity contribution in [1.82, 2.24) is 5.32 Å². The van der Waals surface area contributed by atoms with Crippen LogP contribution in [0.5, 0.6) is 0 Å². The van der Waals surface area contributed by atoms with E-state index < -0.39 is 0 Å². The van der Waals surface area contributed by atoms with Crippen LogP contribution in [0.2, 0.25) is 5.02 Å². The average molecular weight is 272 g/mol. The summed E-state index contributed by atoms with van der Waals surface area (Å²) < 4.78 is 5.16. The molecule has 0 radical (unpaired) electrons. The third-order valence-corrected chi connectivity index (χ3v) is 4.25. The SMILES string of the molecule is CC(C)NCc1ccc(SC2COC2)c(Cl)c1. The lowest BCUT2D eigenvalue weighted by Crippen LogP contribution is -2.30. The smallest absolute Gasteiger partial charge is 0.0611 e. The lowest BCUT2D eigenvalue weighted by Gasteiger charge is -2.25. The quantitative estimate of drug-likeness (QED) is 0.888. The molecule has 0 spiro atoms. The Kier molecular flexibility index (Phi) is 4.74. The third-order valence-electron chi connectivity index (χ3n) is 2.61. The predicted molar refractivity (Wildman–Crippen MR) is 73.9 cm³/mol. The summed E-state index contributed by atoms with van der Waals surface area (Å²) in [6.45, 7) is 6.84. The molecule has 1 aliphatic heterocycles. The van der Waals surface area contributed by atoms with Gasteiger partial charge in [-0.15, -0.1) is 11.8 Å². The molecular formula is C13H18ClNOS. The molecule has 0 amide bonds. The Morgan fingerprint density at radius 1 is 1.47 bits per heavy atom. The van der Waals surface area contributed by atoms with Gasteiger partial charge in [0.25, 0.3) is 0 Å². The fourth-order valence-corrected chi connectivity index (χ4v) is 2.88. The zero-order valence-electron chi connectivity index (χ0n) is 10.2. The van der Waals surface area contributed by atoms with Gasteiger partial charge in [0.05, 0.1) is 23.5 Å². The van der Waals surface area contributed by atoms with Crippen LogP contribution in [0.25, 0.3) is 0 Å². The maximum absolute atomic E-state index is 6.28. The first-order valence-electron chi connectivity index (χ1n) is 5.91. The van der Waals surface area contributed by atoms with Gasteiger partial charge in [-0.05, 0) is 17.7 Å². The molecule has 1 saturated heterocycles. The van der Waals surface area contributed by atoms with E-state index in [1.807, 2.05) is 11.8 Å². The average Bonchev–Trinajstić information content (AvgIpc) is 2.22. The van der Waals surface area contributed by atoms with E-state index in [2.05, 4.69) is 37.4 Å². The van der Waals surface area contributed by atoms with E-state index >= 15 is 0 Å². The first-order valence-corrected chi connectivity index (χ1v) is 7.17. The third kappa shape index (κ3) is 3.88. The lowest BCUT2D eigenvalue weighted by atomic mass is 10.2. The van der Waals surface area contributed by atoms with Gasteiger partial charge in [0.2, 0.25) is 0 Å². The molecule has 1 N–H and O–H groups in total. The number of ether oxygens (including phenoxy) is 1. The molecule has 17 heavy (non-hydrogen) atoms. The maximum atomic E-state index is 6.28. The van der Waals surface area contributed by atoms with E-state index in [1.54, 1.807) is 0 Å². The van der Waals surface area contributed by atoms with Crippen LogP contribution in [0.3, 0.4) is 0 Å². The summed E-state index contributed by atoms with van der Waals surface area (Å²) in [6, 6.07) is 6.81. The van der Waals surface area contributed by atoms with Crippen molar-refractivity contribution >= 4 is 23.4 Å². The number of nitrogens with one attached hydrogen (secondary N) is 1. The number of hydrogen-bond acceptors (Lipinski definition) is 3. The monoisotopic (exact) mass is 271 g/mol. The van der Waals surface area contributed by atoms with Crippen molar-refractivity contribution in [2.24, 2.45) is 0 Å². The highest BCUT2D eigenvalue weighted by Gasteiger charge is 2.20. The van der Waals surface area contributed by atoms with Gasteiger partial charge in [-0.3, -0.25) is 0 Å². The molecule has 1 aromatic carbocycles. The van der Waals surface area contributed by atoms with Crippen molar-refractivity contribution in [3.63, 3.8) is 0 Å². The Morgan fingerprint density at radius 3 is 2.76 bits per heavy atom. The van der Waals surface area contributed by atoms with Crippen molar-refractivity contribution in [3.05, 3.63) is 28.8 Å². The molecule has 1 aliphatic rings. The van der Waals surface area contributed by atoms with E-state index in [9.17, 15) is 0 Å². The number of halogens is 1. The van der Waals surface area contributed by atoms with Gasteiger partial charge in [0.1, 0.15) is 0 Å². The summed E-state index contributed by atoms with van der Waals surface area (Å²) in [6.07, 6.45) is 0. The minimum Gasteiger partial charge on any atom is -0.379 e. The molecule has 1 aromatic rings. The highest BCUT2D eigenvalue weighted by molar-refractivity contribution is 8.00. The van der Waals surface area contributed by atoms with Gasteiger partial charge < -0.3 is 10.1 Å². The number of benzene rings is 1. The predicted octanol–water partition coefficient (Wildman–Crippen LogP) is 3.33. The van der Waals surface area contributed by atoms with Gasteiger partial charge in [0.15, 0.2) is 0 Å². The largest absolute Gasteiger partial charge is 0.379 e. The van der Waals surface area contributed by atoms with Crippen molar-refractivity contribution in [2.75, 3.05) is 13.2 Å². The molecular weight excluding hydrogens is 254 g/mol. The van der Waals surface area contributed by atoms with Crippen molar-refractivity contribution in [3.8, 4) is 0 Å². The molecule has 94 valence electrons. The summed E-state index contributed by atoms with van der Waals surface area (Å²) in [5.74, 6) is 0. The minimum atomic E-state index is 0.495. The zero-order valence-corrected chi connectivity index (χ0v) is 11.8. The van der Waals surface area contributed by atoms with E-state index in [1.165, 1.54) is 5.56 Å². The van der Waals surface area contributed by atoms with Gasteiger partial charge in [0, 0.05) is 17.5 Å². The Hall–Kier alpha value is -0.220. The first-order chi connectivity index (χ1) is 8.15. The lowest BCUT2D eigenvalue weighted by molar-refractivity contribution is 0.0455. The summed E-state index contributed by atoms with van der Waals surface area (Å²) >= 11 is 8.09. The van der Waals surface area contributed by atoms with Crippen LogP contribution in [0, 0.1) is 0 Å². The Bertz CT molecular complexity index is 380. The van der Waals surface area contributed by atoms with Crippen LogP contribution in [0.4, 0.5) is 0 Å². The van der Waals surface area contributed by atoms with Gasteiger partial charge in [-0.25, -0.2) is 0 Å². The highest BCUT2D eigenvalue weighted by Crippen LogP contribution is 2.33. The van der Waals surface area contributed by atoms with Crippen LogP contribution in [0.15, 0.2) is 23.1 Å². The van der Waals surface area contributed by atoms with E-state index in [0.717, 1.165) is 29.7 Å². The normalized spacial score (nSPS) is 16.2. The standard InChI is InChI=1S/C13H18ClNOS/c1-9(2)15-6-10-3-4-13(12(14)5-10)17-11-7-16-8-11/h3-5,9,11,15H,6-8H2,1-2H3. The van der Waals surface area contributed by atoms with Crippen molar-refractivity contribution in [1.29, 1.82) is 0 Å². The maximum Gasteiger partial charge on any atom is 0.0611 e. The summed E-state index contributed by atoms with van der Waals surface area (Å²) in [7, 11) is 0. The van der Waals surface area contributed by atoms with Crippen LogP contribution >= 0.6 is 23.4 Å². The second-order valence-corrected chi connectivity index (χ2v) is 6.33. The molecule has 0 aliphatic carbocycles. The Balaban J connectivity index is 1.95. The highest BCUT2D eigenvalue weighted by atomic mass is 35.5. The molecule has 2 nitrogen and oxygen atoms in total. The van der Waals surface area contributed by atoms with E-state index in [4.69, 9.17) is 16.3 Å². The molecule has 0 unspecified atom stereocenters. The molecule has 1 heterocycles. The molecule has 2 rings (SSSR count). The molecule has 0 aromatic heterocycles. The summed E-state index contributed by atoms with van der Waals surface area (Å²) in [5, 5.41) is 4.81. The van der Waals surface area contributed by atoms with E-state index in [-0.39, 0.29) is 0 Å². The second-order valence-electron chi connectivity index (χ2n) is 4.58. The molecule has 4 heteroatoms. The van der Waals surface area contributed by atoms with Gasteiger partial charge in [-0.2, -0.15) is 0 Å². The second kappa shape index (κ2) is 6.10. The number of rotatable bonds is 5. The molecule has 0 saturated carbocycles. The van der Waals surface area contributed by atoms with Crippen LogP contribution in [-0.2, 0) is 11.3 Å².